The molecule has 0 bridgehead atoms. The van der Waals surface area contributed by atoms with Gasteiger partial charge in [0, 0.05) is 0 Å². The molecule has 85 heavy (non-hydrogen) atoms. The summed E-state index contributed by atoms with van der Waals surface area (Å²) >= 11 is 0. The van der Waals surface area contributed by atoms with Crippen LogP contribution < -0.4 is 0 Å². The van der Waals surface area contributed by atoms with Gasteiger partial charge in [-0.25, -0.2) is 4.18 Å². The first-order chi connectivity index (χ1) is 39.8. The molecule has 0 radical (unpaired) electrons. The van der Waals surface area contributed by atoms with Crippen LogP contribution in [0.4, 0.5) is 0 Å². The zero-order chi connectivity index (χ0) is 61.9. The number of epoxide rings is 1. The van der Waals surface area contributed by atoms with Gasteiger partial charge in [0.05, 0.1) is 55.9 Å². The van der Waals surface area contributed by atoms with E-state index in [0.29, 0.717) is 25.2 Å². The summed E-state index contributed by atoms with van der Waals surface area (Å²) in [6.07, 6.45) is -35.9. The van der Waals surface area contributed by atoms with Crippen LogP contribution in [0.1, 0.15) is 100 Å². The molecule has 3 saturated carbocycles. The molecule has 6 aliphatic heterocycles. The Hall–Kier alpha value is -1.35. The third kappa shape index (κ3) is 12.6. The lowest BCUT2D eigenvalue weighted by molar-refractivity contribution is -0.397. The van der Waals surface area contributed by atoms with Gasteiger partial charge < -0.3 is 118 Å². The maximum atomic E-state index is 12.5. The van der Waals surface area contributed by atoms with Crippen molar-refractivity contribution in [2.24, 2.45) is 46.3 Å². The van der Waals surface area contributed by atoms with Crippen molar-refractivity contribution in [1.82, 2.24) is 0 Å². The van der Waals surface area contributed by atoms with E-state index in [1.165, 1.54) is 19.4 Å². The minimum Gasteiger partial charge on any atom is -0.394 e. The number of aliphatic hydroxyl groups excluding tert-OH is 12. The predicted molar refractivity (Wildman–Crippen MR) is 285 cm³/mol. The molecule has 4 aliphatic carbocycles. The van der Waals surface area contributed by atoms with Gasteiger partial charge in [0.15, 0.2) is 31.5 Å². The van der Waals surface area contributed by atoms with Crippen LogP contribution in [0.25, 0.3) is 0 Å². The van der Waals surface area contributed by atoms with E-state index < -0.39 is 201 Å². The van der Waals surface area contributed by atoms with Crippen molar-refractivity contribution in [3.8, 4) is 0 Å². The fraction of sp³-hybridized carbons (Fsp3) is 0.964. The Morgan fingerprint density at radius 2 is 1.25 bits per heavy atom. The predicted octanol–water partition coefficient (Wildman–Crippen LogP) is -3.01. The highest BCUT2D eigenvalue weighted by molar-refractivity contribution is 7.80. The summed E-state index contributed by atoms with van der Waals surface area (Å²) in [6.45, 7) is 13.5. The molecule has 29 heteroatoms. The number of ether oxygens (including phenoxy) is 11. The molecule has 9 fully saturated rings. The molecule has 0 amide bonds. The first kappa shape index (κ1) is 66.6. The molecule has 28 nitrogen and oxygen atoms in total. The minimum absolute atomic E-state index is 0.0608. The van der Waals surface area contributed by atoms with Crippen LogP contribution in [-0.2, 0) is 66.7 Å². The van der Waals surface area contributed by atoms with E-state index in [-0.39, 0.29) is 54.1 Å². The molecule has 35 atom stereocenters. The molecular formula is C56H92O28S. The maximum absolute atomic E-state index is 12.5. The Morgan fingerprint density at radius 1 is 0.635 bits per heavy atom. The maximum Gasteiger partial charge on any atom is 0.397 e. The van der Waals surface area contributed by atoms with Crippen LogP contribution in [0.3, 0.4) is 0 Å². The van der Waals surface area contributed by atoms with Gasteiger partial charge >= 0.3 is 10.4 Å². The Morgan fingerprint density at radius 3 is 1.92 bits per heavy atom. The smallest absolute Gasteiger partial charge is 0.394 e. The standard InChI is InChI=1S/C56H92O28S/c1-20(2)21(3)44-48(80-44)56(8,69)33-10-9-26-25-16-30(28-15-24(84-85(70,71)72)11-13-54(28,6)27(25)12-14-55(26,33)7)77-51-43(68)45(35(60)23(5)76-51)81-52-46(83-50-42(67)39(64)34(59)22(4)75-50)38(63)32(19-74-52)79-53-47(40(65)37(62)31(17-57)78-53)82-49-41(66)36(61)29(58)18-73-49/h12,20-26,28-53,57-69H,9-11,13-19H2,1-8H3,(H,70,71,72)/t21-,22?,23?,24-,25?,26?,28?,29?,30-,31?,32?,33-,34?,35?,36?,37?,38?,39?,40?,41?,42?,43?,44-,45?,46?,47?,48+,49?,50?,51?,52?,53?,54+,55-,56+/m0/s1. The number of hydrogen-bond donors (Lipinski definition) is 14. The summed E-state index contributed by atoms with van der Waals surface area (Å²) in [7, 11) is -4.87. The Bertz CT molecular complexity index is 2430. The zero-order valence-electron chi connectivity index (χ0n) is 49.1. The molecule has 0 aromatic rings. The van der Waals surface area contributed by atoms with Crippen LogP contribution in [0.15, 0.2) is 11.6 Å². The van der Waals surface area contributed by atoms with E-state index >= 15 is 0 Å². The molecule has 6 heterocycles. The number of hydrogen-bond acceptors (Lipinski definition) is 27. The molecule has 10 rings (SSSR count). The normalized spacial score (nSPS) is 53.2. The van der Waals surface area contributed by atoms with Gasteiger partial charge in [-0.1, -0.05) is 46.3 Å². The highest BCUT2D eigenvalue weighted by Gasteiger charge is 2.67. The van der Waals surface area contributed by atoms with E-state index in [4.69, 9.17) is 56.3 Å². The molecule has 14 N–H and O–H groups in total. The van der Waals surface area contributed by atoms with Crippen molar-refractivity contribution in [2.75, 3.05) is 19.8 Å². The molecule has 6 saturated heterocycles. The lowest BCUT2D eigenvalue weighted by Gasteiger charge is -2.60. The summed E-state index contributed by atoms with van der Waals surface area (Å²) in [5.41, 5.74) is -0.928. The molecule has 26 unspecified atom stereocenters. The fourth-order valence-corrected chi connectivity index (χ4v) is 16.5. The highest BCUT2D eigenvalue weighted by atomic mass is 32.3. The second kappa shape index (κ2) is 25.3. The second-order valence-corrected chi connectivity index (χ2v) is 28.0. The van der Waals surface area contributed by atoms with Crippen molar-refractivity contribution in [1.29, 1.82) is 0 Å². The molecule has 10 aliphatic rings. The highest BCUT2D eigenvalue weighted by Crippen LogP contribution is 2.68. The molecule has 0 aromatic carbocycles. The zero-order valence-corrected chi connectivity index (χ0v) is 49.9. The van der Waals surface area contributed by atoms with Crippen LogP contribution in [0, 0.1) is 46.3 Å². The van der Waals surface area contributed by atoms with Crippen molar-refractivity contribution < 1.29 is 136 Å². The van der Waals surface area contributed by atoms with Crippen LogP contribution >= 0.6 is 0 Å². The van der Waals surface area contributed by atoms with Crippen molar-refractivity contribution in [3.05, 3.63) is 11.6 Å². The van der Waals surface area contributed by atoms with Gasteiger partial charge in [0.1, 0.15) is 104 Å². The lowest BCUT2D eigenvalue weighted by atomic mass is 9.47. The summed E-state index contributed by atoms with van der Waals surface area (Å²) in [5, 5.41) is 145. The average molecular weight is 1250 g/mol. The Labute approximate surface area is 494 Å². The third-order valence-corrected chi connectivity index (χ3v) is 21.9. The van der Waals surface area contributed by atoms with E-state index in [0.717, 1.165) is 12.8 Å². The largest absolute Gasteiger partial charge is 0.397 e. The summed E-state index contributed by atoms with van der Waals surface area (Å²) < 4.78 is 107. The van der Waals surface area contributed by atoms with Gasteiger partial charge in [0.2, 0.25) is 0 Å². The first-order valence-corrected chi connectivity index (χ1v) is 31.5. The van der Waals surface area contributed by atoms with E-state index in [1.807, 2.05) is 6.92 Å². The van der Waals surface area contributed by atoms with E-state index in [1.54, 1.807) is 0 Å². The van der Waals surface area contributed by atoms with E-state index in [9.17, 15) is 79.4 Å². The topological polar surface area (TPSA) is 431 Å². The van der Waals surface area contributed by atoms with Crippen molar-refractivity contribution in [2.45, 2.75) is 272 Å². The van der Waals surface area contributed by atoms with Gasteiger partial charge in [-0.2, -0.15) is 8.42 Å². The SMILES string of the molecule is CC1OC(OC2C(OC3C(O)C(C)OC(O[C@H]4CC5C(=CC[C@@]6(C)C5CC[C@@H]6[C@@](C)(O)[C@@H]5O[C@H]5[C@@H](C)C(C)C)[C@@]5(C)CC[C@H](OS(=O)(=O)O)CC45)C3O)OCC(OC3OC(CO)C(O)C(O)C3OC3OCC(O)C(O)C3O)C2O)C(O)C(O)C1O. The van der Waals surface area contributed by atoms with Gasteiger partial charge in [-0.3, -0.25) is 4.55 Å². The van der Waals surface area contributed by atoms with Crippen LogP contribution in [-0.4, -0.2) is 271 Å². The van der Waals surface area contributed by atoms with Crippen LogP contribution in [0.5, 0.6) is 0 Å². The number of allylic oxidation sites excluding steroid dienone is 2. The van der Waals surface area contributed by atoms with Crippen LogP contribution in [0.2, 0.25) is 0 Å². The molecule has 0 spiro atoms. The van der Waals surface area contributed by atoms with Gasteiger partial charge in [-0.05, 0) is 112 Å². The number of aliphatic hydroxyl groups is 13. The first-order valence-electron chi connectivity index (χ1n) is 30.1. The fourth-order valence-electron chi connectivity index (χ4n) is 16.0. The number of fused-ring (bicyclic) bond motifs is 5. The number of rotatable bonds is 17. The lowest BCUT2D eigenvalue weighted by Crippen LogP contribution is -2.67. The summed E-state index contributed by atoms with van der Waals surface area (Å²) in [6, 6.07) is 0. The monoisotopic (exact) mass is 1240 g/mol. The minimum atomic E-state index is -4.87. The Balaban J connectivity index is 0.911. The van der Waals surface area contributed by atoms with Crippen molar-refractivity contribution in [3.63, 3.8) is 0 Å². The van der Waals surface area contributed by atoms with Gasteiger partial charge in [0.25, 0.3) is 0 Å². The molecular weight excluding hydrogens is 1150 g/mol. The van der Waals surface area contributed by atoms with Crippen molar-refractivity contribution >= 4 is 10.4 Å². The van der Waals surface area contributed by atoms with E-state index in [2.05, 4.69) is 40.7 Å². The quantitative estimate of drug-likeness (QED) is 0.0392. The third-order valence-electron chi connectivity index (χ3n) is 21.4. The molecule has 0 aromatic heterocycles. The Kier molecular flexibility index (Phi) is 19.8. The average Bonchev–Trinajstić information content (AvgIpc) is 1.68. The summed E-state index contributed by atoms with van der Waals surface area (Å²) in [5.74, 6) is -0.0416. The van der Waals surface area contributed by atoms with Gasteiger partial charge in [-0.15, -0.1) is 0 Å². The second-order valence-electron chi connectivity index (χ2n) is 26.9. The summed E-state index contributed by atoms with van der Waals surface area (Å²) in [4.78, 5) is 0. The molecule has 490 valence electrons.